The first-order valence-electron chi connectivity index (χ1n) is 3.06. The molecular formula is C6H7FN2. The van der Waals surface area contributed by atoms with Gasteiger partial charge >= 0.3 is 0 Å². The molecule has 0 aliphatic heterocycles. The lowest BCUT2D eigenvalue weighted by atomic mass is 10.3. The fourth-order valence-electron chi connectivity index (χ4n) is 0.912. The van der Waals surface area contributed by atoms with Crippen molar-refractivity contribution in [1.82, 2.24) is 9.97 Å². The lowest BCUT2D eigenvalue weighted by Gasteiger charge is -1.83. The third-order valence-electron chi connectivity index (χ3n) is 1.58. The van der Waals surface area contributed by atoms with E-state index in [1.54, 1.807) is 6.20 Å². The maximum atomic E-state index is 12.1. The van der Waals surface area contributed by atoms with Gasteiger partial charge in [-0.3, -0.25) is 0 Å². The second kappa shape index (κ2) is 1.56. The van der Waals surface area contributed by atoms with Crippen LogP contribution in [0.3, 0.4) is 0 Å². The van der Waals surface area contributed by atoms with E-state index in [4.69, 9.17) is 0 Å². The zero-order valence-electron chi connectivity index (χ0n) is 4.89. The Balaban J connectivity index is 2.28. The van der Waals surface area contributed by atoms with Gasteiger partial charge in [0.05, 0.1) is 6.20 Å². The zero-order chi connectivity index (χ0) is 6.27. The maximum absolute atomic E-state index is 12.1. The predicted octanol–water partition coefficient (Wildman–Crippen LogP) is 1.43. The van der Waals surface area contributed by atoms with E-state index in [2.05, 4.69) is 9.97 Å². The number of hydrogen-bond donors (Lipinski definition) is 1. The minimum absolute atomic E-state index is 0.461. The summed E-state index contributed by atoms with van der Waals surface area (Å²) in [5, 5.41) is 0. The zero-order valence-corrected chi connectivity index (χ0v) is 4.89. The predicted molar refractivity (Wildman–Crippen MR) is 30.5 cm³/mol. The summed E-state index contributed by atoms with van der Waals surface area (Å²) in [4.78, 5) is 6.02. The molecule has 48 valence electrons. The fourth-order valence-corrected chi connectivity index (χ4v) is 0.912. The molecular weight excluding hydrogens is 119 g/mol. The van der Waals surface area contributed by atoms with Crippen LogP contribution < -0.4 is 0 Å². The van der Waals surface area contributed by atoms with Crippen molar-refractivity contribution in [3.8, 4) is 0 Å². The van der Waals surface area contributed by atoms with Crippen LogP contribution in [0.25, 0.3) is 0 Å². The van der Waals surface area contributed by atoms with E-state index < -0.39 is 6.08 Å². The van der Waals surface area contributed by atoms with Crippen molar-refractivity contribution in [3.05, 3.63) is 18.0 Å². The van der Waals surface area contributed by atoms with Crippen molar-refractivity contribution in [1.29, 1.82) is 0 Å². The molecule has 0 spiro atoms. The molecule has 0 bridgehead atoms. The Kier molecular flexibility index (Phi) is 0.860. The summed E-state index contributed by atoms with van der Waals surface area (Å²) in [6.07, 6.45) is 3.48. The van der Waals surface area contributed by atoms with Gasteiger partial charge in [-0.2, -0.15) is 4.39 Å². The minimum atomic E-state index is -0.461. The summed E-state index contributed by atoms with van der Waals surface area (Å²) in [5.41, 5.74) is 0.951. The van der Waals surface area contributed by atoms with Gasteiger partial charge in [-0.25, -0.2) is 4.98 Å². The first-order chi connectivity index (χ1) is 4.36. The van der Waals surface area contributed by atoms with Gasteiger partial charge < -0.3 is 4.98 Å². The van der Waals surface area contributed by atoms with Gasteiger partial charge in [-0.15, -0.1) is 0 Å². The molecule has 2 rings (SSSR count). The number of imidazole rings is 1. The minimum Gasteiger partial charge on any atom is -0.318 e. The first kappa shape index (κ1) is 4.97. The van der Waals surface area contributed by atoms with Crippen molar-refractivity contribution in [2.24, 2.45) is 0 Å². The van der Waals surface area contributed by atoms with Crippen molar-refractivity contribution in [3.63, 3.8) is 0 Å². The average Bonchev–Trinajstić information content (AvgIpc) is 2.58. The van der Waals surface area contributed by atoms with E-state index >= 15 is 0 Å². The smallest absolute Gasteiger partial charge is 0.286 e. The average molecular weight is 126 g/mol. The Morgan fingerprint density at radius 3 is 2.89 bits per heavy atom. The highest BCUT2D eigenvalue weighted by Gasteiger charge is 2.25. The Hall–Kier alpha value is -0.860. The molecule has 0 radical (unpaired) electrons. The largest absolute Gasteiger partial charge is 0.318 e. The van der Waals surface area contributed by atoms with Gasteiger partial charge in [0.25, 0.3) is 6.08 Å². The number of aromatic nitrogens is 2. The lowest BCUT2D eigenvalue weighted by Crippen LogP contribution is -1.77. The quantitative estimate of drug-likeness (QED) is 0.605. The third-order valence-corrected chi connectivity index (χ3v) is 1.58. The second-order valence-corrected chi connectivity index (χ2v) is 2.40. The molecule has 1 aromatic heterocycles. The number of rotatable bonds is 1. The molecule has 1 N–H and O–H groups in total. The summed E-state index contributed by atoms with van der Waals surface area (Å²) in [7, 11) is 0. The SMILES string of the molecule is Fc1ncc(C2CC2)[nH]1. The molecule has 0 aromatic carbocycles. The van der Waals surface area contributed by atoms with Crippen molar-refractivity contribution < 1.29 is 4.39 Å². The lowest BCUT2D eigenvalue weighted by molar-refractivity contribution is 0.550. The molecule has 0 amide bonds. The standard InChI is InChI=1S/C6H7FN2/c7-6-8-3-5(9-6)4-1-2-4/h3-4H,1-2H2,(H,8,9). The Bertz CT molecular complexity index is 215. The molecule has 1 saturated carbocycles. The van der Waals surface area contributed by atoms with Crippen molar-refractivity contribution >= 4 is 0 Å². The molecule has 1 aliphatic carbocycles. The van der Waals surface area contributed by atoms with Gasteiger partial charge in [-0.05, 0) is 12.8 Å². The van der Waals surface area contributed by atoms with Crippen molar-refractivity contribution in [2.75, 3.05) is 0 Å². The fraction of sp³-hybridized carbons (Fsp3) is 0.500. The van der Waals surface area contributed by atoms with Gasteiger partial charge in [0.2, 0.25) is 0 Å². The van der Waals surface area contributed by atoms with Crippen molar-refractivity contribution in [2.45, 2.75) is 18.8 Å². The van der Waals surface area contributed by atoms with Crippen LogP contribution in [0.1, 0.15) is 24.5 Å². The number of halogens is 1. The summed E-state index contributed by atoms with van der Waals surface area (Å²) in [6, 6.07) is 0. The molecule has 1 heterocycles. The summed E-state index contributed by atoms with van der Waals surface area (Å²) < 4.78 is 12.1. The van der Waals surface area contributed by atoms with Gasteiger partial charge in [0, 0.05) is 11.6 Å². The molecule has 0 atom stereocenters. The number of hydrogen-bond acceptors (Lipinski definition) is 1. The van der Waals surface area contributed by atoms with Gasteiger partial charge in [0.1, 0.15) is 0 Å². The number of nitrogens with one attached hydrogen (secondary N) is 1. The van der Waals surface area contributed by atoms with E-state index in [-0.39, 0.29) is 0 Å². The van der Waals surface area contributed by atoms with Crippen LogP contribution in [0.2, 0.25) is 0 Å². The van der Waals surface area contributed by atoms with Gasteiger partial charge in [0.15, 0.2) is 0 Å². The van der Waals surface area contributed by atoms with Crippen LogP contribution in [-0.4, -0.2) is 9.97 Å². The summed E-state index contributed by atoms with van der Waals surface area (Å²) in [6.45, 7) is 0. The highest BCUT2D eigenvalue weighted by atomic mass is 19.1. The second-order valence-electron chi connectivity index (χ2n) is 2.40. The monoisotopic (exact) mass is 126 g/mol. The molecule has 3 heteroatoms. The van der Waals surface area contributed by atoms with Crippen LogP contribution in [0, 0.1) is 6.08 Å². The highest BCUT2D eigenvalue weighted by molar-refractivity contribution is 5.10. The summed E-state index contributed by atoms with van der Waals surface area (Å²) >= 11 is 0. The topological polar surface area (TPSA) is 28.7 Å². The van der Waals surface area contributed by atoms with Crippen LogP contribution in [0.4, 0.5) is 4.39 Å². The Morgan fingerprint density at radius 2 is 2.44 bits per heavy atom. The van der Waals surface area contributed by atoms with Gasteiger partial charge in [-0.1, -0.05) is 0 Å². The third kappa shape index (κ3) is 0.823. The molecule has 1 aliphatic rings. The Morgan fingerprint density at radius 1 is 1.67 bits per heavy atom. The molecule has 9 heavy (non-hydrogen) atoms. The highest BCUT2D eigenvalue weighted by Crippen LogP contribution is 2.38. The van der Waals surface area contributed by atoms with E-state index in [1.165, 1.54) is 12.8 Å². The van der Waals surface area contributed by atoms with E-state index in [0.29, 0.717) is 5.92 Å². The van der Waals surface area contributed by atoms with Crippen LogP contribution >= 0.6 is 0 Å². The number of H-pyrrole nitrogens is 1. The van der Waals surface area contributed by atoms with E-state index in [0.717, 1.165) is 5.69 Å². The van der Waals surface area contributed by atoms with Crippen LogP contribution in [-0.2, 0) is 0 Å². The molecule has 2 nitrogen and oxygen atoms in total. The molecule has 1 fully saturated rings. The number of nitrogens with zero attached hydrogens (tertiary/aromatic N) is 1. The normalized spacial score (nSPS) is 18.3. The molecule has 1 aromatic rings. The molecule has 0 unspecified atom stereocenters. The Labute approximate surface area is 52.1 Å². The van der Waals surface area contributed by atoms with Crippen LogP contribution in [0.5, 0.6) is 0 Å². The number of aromatic amines is 1. The first-order valence-corrected chi connectivity index (χ1v) is 3.06. The van der Waals surface area contributed by atoms with E-state index in [1.807, 2.05) is 0 Å². The molecule has 0 saturated heterocycles. The summed E-state index contributed by atoms with van der Waals surface area (Å²) in [5.74, 6) is 0.571. The maximum Gasteiger partial charge on any atom is 0.286 e. The van der Waals surface area contributed by atoms with Crippen LogP contribution in [0.15, 0.2) is 6.20 Å². The van der Waals surface area contributed by atoms with E-state index in [9.17, 15) is 4.39 Å².